The van der Waals surface area contributed by atoms with E-state index in [-0.39, 0.29) is 0 Å². The normalized spacial score (nSPS) is 19.4. The van der Waals surface area contributed by atoms with E-state index in [0.717, 1.165) is 18.3 Å². The zero-order valence-electron chi connectivity index (χ0n) is 16.7. The molecule has 0 unspecified atom stereocenters. The van der Waals surface area contributed by atoms with Gasteiger partial charge in [-0.1, -0.05) is 74.9 Å². The van der Waals surface area contributed by atoms with Crippen LogP contribution in [0.5, 0.6) is 0 Å². The van der Waals surface area contributed by atoms with Crippen LogP contribution in [0.15, 0.2) is 36.4 Å². The second-order valence-corrected chi connectivity index (χ2v) is 12.5. The van der Waals surface area contributed by atoms with Crippen LogP contribution in [0.3, 0.4) is 0 Å². The first kappa shape index (κ1) is 21.1. The maximum Gasteiger partial charge on any atom is -0.00134 e. The number of hydrogen-bond donors (Lipinski definition) is 0. The van der Waals surface area contributed by atoms with E-state index in [1.807, 2.05) is 0 Å². The molecule has 3 aliphatic rings. The van der Waals surface area contributed by atoms with Crippen LogP contribution in [0.1, 0.15) is 98.3 Å². The molecule has 2 fully saturated rings. The summed E-state index contributed by atoms with van der Waals surface area (Å²) in [6.07, 6.45) is 15.3. The molecule has 148 valence electrons. The first-order valence-electron chi connectivity index (χ1n) is 11.0. The third kappa shape index (κ3) is 4.79. The van der Waals surface area contributed by atoms with Crippen LogP contribution in [0.2, 0.25) is 0 Å². The molecular weight excluding hydrogens is 462 g/mol. The Hall–Kier alpha value is -0.0969. The standard InChI is InChI=1S/C25H30.2ClH.Zr/c1-3-7-18(8-4-1)20-11-13-22-15-23-14-12-21(17-25(23)24(22)16-20)19-9-5-2-6-10-19;;;/h11-14,16-19H,1-10,15H2;2*1H;/q;;;+2/p-2. The van der Waals surface area contributed by atoms with Gasteiger partial charge in [-0.15, -0.1) is 0 Å². The van der Waals surface area contributed by atoms with Gasteiger partial charge in [-0.25, -0.2) is 0 Å². The molecule has 0 radical (unpaired) electrons. The summed E-state index contributed by atoms with van der Waals surface area (Å²) in [6, 6.07) is 14.8. The van der Waals surface area contributed by atoms with Crippen molar-refractivity contribution >= 4 is 17.0 Å². The van der Waals surface area contributed by atoms with Crippen molar-refractivity contribution in [1.82, 2.24) is 0 Å². The predicted octanol–water partition coefficient (Wildman–Crippen LogP) is 8.73. The Labute approximate surface area is 189 Å². The summed E-state index contributed by atoms with van der Waals surface area (Å²) in [6.45, 7) is 0. The molecule has 0 aliphatic heterocycles. The Morgan fingerprint density at radius 3 is 1.39 bits per heavy atom. The van der Waals surface area contributed by atoms with Crippen LogP contribution in [-0.4, -0.2) is 0 Å². The zero-order valence-corrected chi connectivity index (χ0v) is 20.6. The van der Waals surface area contributed by atoms with Crippen molar-refractivity contribution in [1.29, 1.82) is 0 Å². The molecule has 3 aliphatic carbocycles. The molecular formula is C25H30Cl2Zr. The molecule has 0 saturated heterocycles. The van der Waals surface area contributed by atoms with Crippen LogP contribution in [-0.2, 0) is 27.3 Å². The van der Waals surface area contributed by atoms with Gasteiger partial charge in [0.1, 0.15) is 0 Å². The summed E-state index contributed by atoms with van der Waals surface area (Å²) in [5, 5.41) is 0. The molecule has 0 amide bonds. The quantitative estimate of drug-likeness (QED) is 0.335. The fourth-order valence-electron chi connectivity index (χ4n) is 5.58. The SMILES string of the molecule is [Cl][Zr][Cl].c1cc2c(cc1C1CCCCC1)-c1cc(C3CCCCC3)ccc1C2. The minimum Gasteiger partial charge on any atom is -0.0584 e. The first-order valence-corrected chi connectivity index (χ1v) is 17.4. The van der Waals surface area contributed by atoms with Gasteiger partial charge in [0.25, 0.3) is 0 Å². The Morgan fingerprint density at radius 2 is 1.00 bits per heavy atom. The molecule has 0 aromatic heterocycles. The van der Waals surface area contributed by atoms with Gasteiger partial charge in [0.2, 0.25) is 0 Å². The fraction of sp³-hybridized carbons (Fsp3) is 0.520. The third-order valence-electron chi connectivity index (χ3n) is 7.09. The fourth-order valence-corrected chi connectivity index (χ4v) is 5.58. The van der Waals surface area contributed by atoms with Crippen LogP contribution in [0.25, 0.3) is 11.1 Å². The second kappa shape index (κ2) is 10.3. The van der Waals surface area contributed by atoms with Gasteiger partial charge in [-0.2, -0.15) is 0 Å². The van der Waals surface area contributed by atoms with E-state index in [0.29, 0.717) is 0 Å². The zero-order chi connectivity index (χ0) is 19.3. The monoisotopic (exact) mass is 490 g/mol. The molecule has 0 heterocycles. The maximum absolute atomic E-state index is 4.93. The molecule has 0 bridgehead atoms. The third-order valence-corrected chi connectivity index (χ3v) is 7.09. The minimum absolute atomic E-state index is 0.810. The Morgan fingerprint density at radius 1 is 0.607 bits per heavy atom. The van der Waals surface area contributed by atoms with Gasteiger partial charge >= 0.3 is 37.9 Å². The summed E-state index contributed by atoms with van der Waals surface area (Å²) < 4.78 is 0. The smallest absolute Gasteiger partial charge is 0.00134 e. The van der Waals surface area contributed by atoms with Crippen molar-refractivity contribution in [2.24, 2.45) is 0 Å². The van der Waals surface area contributed by atoms with Gasteiger partial charge in [-0.05, 0) is 77.3 Å². The Balaban J connectivity index is 0.000000604. The summed E-state index contributed by atoms with van der Waals surface area (Å²) in [4.78, 5) is 0. The van der Waals surface area contributed by atoms with Gasteiger partial charge in [-0.3, -0.25) is 0 Å². The van der Waals surface area contributed by atoms with Crippen LogP contribution in [0.4, 0.5) is 0 Å². The van der Waals surface area contributed by atoms with Gasteiger partial charge in [0.15, 0.2) is 0 Å². The average molecular weight is 493 g/mol. The van der Waals surface area contributed by atoms with E-state index in [4.69, 9.17) is 17.0 Å². The van der Waals surface area contributed by atoms with Crippen LogP contribution >= 0.6 is 17.0 Å². The molecule has 0 spiro atoms. The Bertz CT molecular complexity index is 724. The molecule has 28 heavy (non-hydrogen) atoms. The maximum atomic E-state index is 4.93. The second-order valence-electron chi connectivity index (χ2n) is 8.75. The number of fused-ring (bicyclic) bond motifs is 3. The number of hydrogen-bond acceptors (Lipinski definition) is 0. The van der Waals surface area contributed by atoms with Gasteiger partial charge < -0.3 is 0 Å². The molecule has 0 nitrogen and oxygen atoms in total. The van der Waals surface area contributed by atoms with Crippen molar-refractivity contribution in [2.45, 2.75) is 82.5 Å². The van der Waals surface area contributed by atoms with Crippen LogP contribution < -0.4 is 0 Å². The molecule has 2 saturated carbocycles. The van der Waals surface area contributed by atoms with Crippen molar-refractivity contribution in [3.8, 4) is 11.1 Å². The number of halogens is 2. The molecule has 0 atom stereocenters. The van der Waals surface area contributed by atoms with Gasteiger partial charge in [0.05, 0.1) is 0 Å². The van der Waals surface area contributed by atoms with E-state index in [2.05, 4.69) is 36.4 Å². The molecule has 2 aromatic rings. The largest absolute Gasteiger partial charge is 0.0584 e. The van der Waals surface area contributed by atoms with E-state index in [9.17, 15) is 0 Å². The van der Waals surface area contributed by atoms with E-state index in [1.165, 1.54) is 64.2 Å². The Kier molecular flexibility index (Phi) is 7.76. The molecule has 2 aromatic carbocycles. The van der Waals surface area contributed by atoms with Crippen molar-refractivity contribution in [2.75, 3.05) is 0 Å². The topological polar surface area (TPSA) is 0 Å². The minimum atomic E-state index is -0.826. The summed E-state index contributed by atoms with van der Waals surface area (Å²) in [7, 11) is 9.87. The van der Waals surface area contributed by atoms with Crippen molar-refractivity contribution < 1.29 is 20.8 Å². The average Bonchev–Trinajstić information content (AvgIpc) is 3.13. The van der Waals surface area contributed by atoms with Gasteiger partial charge in [0, 0.05) is 0 Å². The van der Waals surface area contributed by atoms with E-state index >= 15 is 0 Å². The van der Waals surface area contributed by atoms with Crippen molar-refractivity contribution in [3.05, 3.63) is 58.7 Å². The molecule has 5 rings (SSSR count). The number of rotatable bonds is 2. The van der Waals surface area contributed by atoms with E-state index < -0.39 is 20.8 Å². The van der Waals surface area contributed by atoms with E-state index in [1.54, 1.807) is 33.4 Å². The summed E-state index contributed by atoms with van der Waals surface area (Å²) in [5.74, 6) is 1.62. The van der Waals surface area contributed by atoms with Crippen LogP contribution in [0, 0.1) is 0 Å². The summed E-state index contributed by atoms with van der Waals surface area (Å²) >= 11 is -0.826. The molecule has 3 heteroatoms. The predicted molar refractivity (Wildman–Crippen MR) is 118 cm³/mol. The summed E-state index contributed by atoms with van der Waals surface area (Å²) in [5.41, 5.74) is 9.42. The first-order chi connectivity index (χ1) is 13.8. The molecule has 0 N–H and O–H groups in total. The number of benzene rings is 2. The van der Waals surface area contributed by atoms with Crippen molar-refractivity contribution in [3.63, 3.8) is 0 Å².